The molecular formula is C26H30N2O3. The van der Waals surface area contributed by atoms with E-state index in [9.17, 15) is 4.79 Å². The van der Waals surface area contributed by atoms with Gasteiger partial charge in [-0.25, -0.2) is 4.79 Å². The average Bonchev–Trinajstić information content (AvgIpc) is 2.83. The molecule has 0 aromatic heterocycles. The van der Waals surface area contributed by atoms with Gasteiger partial charge in [-0.2, -0.15) is 0 Å². The Labute approximate surface area is 184 Å². The van der Waals surface area contributed by atoms with Crippen molar-refractivity contribution in [2.45, 2.75) is 44.4 Å². The number of benzene rings is 2. The Morgan fingerprint density at radius 3 is 2.52 bits per heavy atom. The van der Waals surface area contributed by atoms with Crippen molar-refractivity contribution in [1.82, 2.24) is 4.90 Å². The summed E-state index contributed by atoms with van der Waals surface area (Å²) in [6, 6.07) is 19.1. The largest absolute Gasteiger partial charge is 0.445 e. The van der Waals surface area contributed by atoms with Gasteiger partial charge >= 0.3 is 6.09 Å². The molecule has 0 radical (unpaired) electrons. The molecular weight excluding hydrogens is 388 g/mol. The second kappa shape index (κ2) is 9.15. The van der Waals surface area contributed by atoms with Gasteiger partial charge in [0.2, 0.25) is 0 Å². The van der Waals surface area contributed by atoms with Gasteiger partial charge in [0.25, 0.3) is 0 Å². The van der Waals surface area contributed by atoms with Gasteiger partial charge in [-0.3, -0.25) is 4.90 Å². The first-order valence-corrected chi connectivity index (χ1v) is 11.4. The fraction of sp³-hybridized carbons (Fsp3) is 0.423. The van der Waals surface area contributed by atoms with E-state index in [1.807, 2.05) is 35.2 Å². The molecule has 0 spiro atoms. The maximum atomic E-state index is 12.9. The molecule has 5 rings (SSSR count). The van der Waals surface area contributed by atoms with E-state index in [-0.39, 0.29) is 18.2 Å². The van der Waals surface area contributed by atoms with Gasteiger partial charge in [0, 0.05) is 24.8 Å². The van der Waals surface area contributed by atoms with E-state index in [4.69, 9.17) is 9.47 Å². The van der Waals surface area contributed by atoms with Gasteiger partial charge in [0.05, 0.1) is 19.3 Å². The lowest BCUT2D eigenvalue weighted by atomic mass is 9.83. The number of amides is 1. The van der Waals surface area contributed by atoms with Crippen LogP contribution in [0.15, 0.2) is 60.7 Å². The van der Waals surface area contributed by atoms with Crippen molar-refractivity contribution < 1.29 is 14.3 Å². The topological polar surface area (TPSA) is 42.0 Å². The fourth-order valence-corrected chi connectivity index (χ4v) is 5.03. The van der Waals surface area contributed by atoms with Crippen LogP contribution in [0.3, 0.4) is 0 Å². The highest BCUT2D eigenvalue weighted by molar-refractivity contribution is 5.75. The Morgan fingerprint density at radius 1 is 1.00 bits per heavy atom. The Morgan fingerprint density at radius 2 is 1.77 bits per heavy atom. The minimum absolute atomic E-state index is 0.129. The number of ether oxygens (including phenoxy) is 2. The molecule has 1 amide bonds. The van der Waals surface area contributed by atoms with Crippen LogP contribution >= 0.6 is 0 Å². The first-order valence-electron chi connectivity index (χ1n) is 11.4. The smallest absolute Gasteiger partial charge is 0.410 e. The Hall–Kier alpha value is -2.79. The summed E-state index contributed by atoms with van der Waals surface area (Å²) in [5, 5.41) is 0. The zero-order valence-electron chi connectivity index (χ0n) is 17.9. The van der Waals surface area contributed by atoms with Crippen LogP contribution in [0.25, 0.3) is 5.57 Å². The number of fused-ring (bicyclic) bond motifs is 2. The van der Waals surface area contributed by atoms with E-state index in [0.717, 1.165) is 57.6 Å². The van der Waals surface area contributed by atoms with E-state index in [1.165, 1.54) is 16.8 Å². The summed E-state index contributed by atoms with van der Waals surface area (Å²) in [5.41, 5.74) is 4.91. The molecule has 5 heteroatoms. The van der Waals surface area contributed by atoms with E-state index in [2.05, 4.69) is 35.2 Å². The average molecular weight is 419 g/mol. The molecule has 2 saturated heterocycles. The molecule has 2 bridgehead atoms. The van der Waals surface area contributed by atoms with Crippen molar-refractivity contribution in [3.8, 4) is 0 Å². The molecule has 0 aliphatic carbocycles. The molecule has 3 aliphatic heterocycles. The molecule has 2 aromatic carbocycles. The lowest BCUT2D eigenvalue weighted by Gasteiger charge is -2.44. The zero-order valence-corrected chi connectivity index (χ0v) is 17.9. The predicted molar refractivity (Wildman–Crippen MR) is 122 cm³/mol. The third kappa shape index (κ3) is 4.47. The molecule has 2 atom stereocenters. The van der Waals surface area contributed by atoms with Gasteiger partial charge in [-0.1, -0.05) is 48.5 Å². The van der Waals surface area contributed by atoms with Crippen LogP contribution in [0, 0.1) is 0 Å². The van der Waals surface area contributed by atoms with Gasteiger partial charge < -0.3 is 14.4 Å². The highest BCUT2D eigenvalue weighted by atomic mass is 16.6. The number of hydrogen-bond acceptors (Lipinski definition) is 4. The molecule has 31 heavy (non-hydrogen) atoms. The van der Waals surface area contributed by atoms with E-state index < -0.39 is 0 Å². The number of carbonyl (C=O) groups excluding carboxylic acids is 1. The monoisotopic (exact) mass is 418 g/mol. The summed E-state index contributed by atoms with van der Waals surface area (Å²) in [6.07, 6.45) is 6.22. The normalized spacial score (nSPS) is 23.3. The van der Waals surface area contributed by atoms with Gasteiger partial charge in [0.1, 0.15) is 6.61 Å². The van der Waals surface area contributed by atoms with Crippen molar-refractivity contribution in [2.24, 2.45) is 0 Å². The Balaban J connectivity index is 1.28. The summed E-state index contributed by atoms with van der Waals surface area (Å²) in [6.45, 7) is 3.83. The zero-order chi connectivity index (χ0) is 21.0. The summed E-state index contributed by atoms with van der Waals surface area (Å²) in [5.74, 6) is 0. The summed E-state index contributed by atoms with van der Waals surface area (Å²) in [7, 11) is 0. The van der Waals surface area contributed by atoms with Crippen molar-refractivity contribution in [1.29, 1.82) is 0 Å². The van der Waals surface area contributed by atoms with Crippen LogP contribution in [0.2, 0.25) is 0 Å². The van der Waals surface area contributed by atoms with Crippen LogP contribution < -0.4 is 4.90 Å². The minimum Gasteiger partial charge on any atom is -0.445 e. The number of anilines is 1. The maximum absolute atomic E-state index is 12.9. The highest BCUT2D eigenvalue weighted by Gasteiger charge is 2.38. The van der Waals surface area contributed by atoms with Gasteiger partial charge in [-0.15, -0.1) is 0 Å². The molecule has 3 heterocycles. The number of hydrogen-bond donors (Lipinski definition) is 0. The lowest BCUT2D eigenvalue weighted by Crippen LogP contribution is -2.51. The SMILES string of the molecule is O=C(OCc1ccccc1)N1C2C=C(c3ccc(N4CCOCC4)cc3)CC1CCC2. The van der Waals surface area contributed by atoms with Crippen LogP contribution in [0.4, 0.5) is 10.5 Å². The summed E-state index contributed by atoms with van der Waals surface area (Å²) >= 11 is 0. The van der Waals surface area contributed by atoms with E-state index in [0.29, 0.717) is 6.61 Å². The van der Waals surface area contributed by atoms with Crippen LogP contribution in [-0.4, -0.2) is 49.4 Å². The van der Waals surface area contributed by atoms with Crippen molar-refractivity contribution in [3.05, 3.63) is 71.8 Å². The van der Waals surface area contributed by atoms with Crippen molar-refractivity contribution in [2.75, 3.05) is 31.2 Å². The quantitative estimate of drug-likeness (QED) is 0.710. The van der Waals surface area contributed by atoms with Gasteiger partial charge in [0.15, 0.2) is 0 Å². The highest BCUT2D eigenvalue weighted by Crippen LogP contribution is 2.38. The number of carbonyl (C=O) groups is 1. The molecule has 5 nitrogen and oxygen atoms in total. The summed E-state index contributed by atoms with van der Waals surface area (Å²) < 4.78 is 11.1. The molecule has 162 valence electrons. The van der Waals surface area contributed by atoms with E-state index in [1.54, 1.807) is 0 Å². The summed E-state index contributed by atoms with van der Waals surface area (Å²) in [4.78, 5) is 17.3. The van der Waals surface area contributed by atoms with Crippen LogP contribution in [-0.2, 0) is 16.1 Å². The number of rotatable bonds is 4. The lowest BCUT2D eigenvalue weighted by molar-refractivity contribution is 0.0510. The predicted octanol–water partition coefficient (Wildman–Crippen LogP) is 4.87. The van der Waals surface area contributed by atoms with Gasteiger partial charge in [-0.05, 0) is 54.5 Å². The van der Waals surface area contributed by atoms with E-state index >= 15 is 0 Å². The molecule has 0 N–H and O–H groups in total. The van der Waals surface area contributed by atoms with Crippen LogP contribution in [0.1, 0.15) is 36.8 Å². The minimum atomic E-state index is -0.184. The van der Waals surface area contributed by atoms with Crippen molar-refractivity contribution in [3.63, 3.8) is 0 Å². The number of piperidine rings is 1. The second-order valence-electron chi connectivity index (χ2n) is 8.64. The molecule has 0 saturated carbocycles. The number of nitrogens with zero attached hydrogens (tertiary/aromatic N) is 2. The number of morpholine rings is 1. The molecule has 3 aliphatic rings. The second-order valence-corrected chi connectivity index (χ2v) is 8.64. The van der Waals surface area contributed by atoms with Crippen molar-refractivity contribution >= 4 is 17.4 Å². The molecule has 2 fully saturated rings. The first kappa shape index (κ1) is 20.1. The standard InChI is InChI=1S/C26H30N2O3/c29-26(31-19-20-5-2-1-3-6-20)28-24-7-4-8-25(28)18-22(17-24)21-9-11-23(12-10-21)27-13-15-30-16-14-27/h1-3,5-6,9-12,17,24-25H,4,7-8,13-16,18-19H2. The Bertz CT molecular complexity index is 919. The fourth-order valence-electron chi connectivity index (χ4n) is 5.03. The molecule has 2 unspecified atom stereocenters. The third-order valence-electron chi connectivity index (χ3n) is 6.67. The Kier molecular flexibility index (Phi) is 5.94. The first-order chi connectivity index (χ1) is 15.3. The van der Waals surface area contributed by atoms with Crippen LogP contribution in [0.5, 0.6) is 0 Å². The maximum Gasteiger partial charge on any atom is 0.410 e. The third-order valence-corrected chi connectivity index (χ3v) is 6.67. The molecule has 2 aromatic rings.